The lowest BCUT2D eigenvalue weighted by molar-refractivity contribution is -0.141. The predicted octanol–water partition coefficient (Wildman–Crippen LogP) is 5.19. The largest absolute Gasteiger partial charge is 0.478 e. The second-order valence-electron chi connectivity index (χ2n) is 5.88. The predicted molar refractivity (Wildman–Crippen MR) is 85.1 cm³/mol. The summed E-state index contributed by atoms with van der Waals surface area (Å²) in [5, 5.41) is 11.6. The highest BCUT2D eigenvalue weighted by molar-refractivity contribution is 5.87. The van der Waals surface area contributed by atoms with E-state index in [0.717, 1.165) is 24.3 Å². The van der Waals surface area contributed by atoms with E-state index >= 15 is 0 Å². The van der Waals surface area contributed by atoms with Crippen LogP contribution in [0, 0.1) is 0 Å². The van der Waals surface area contributed by atoms with E-state index in [1.165, 1.54) is 24.3 Å². The Balaban J connectivity index is 2.19. The summed E-state index contributed by atoms with van der Waals surface area (Å²) in [5.41, 5.74) is -0.480. The molecule has 0 bridgehead atoms. The van der Waals surface area contributed by atoms with Gasteiger partial charge in [0.25, 0.3) is 0 Å². The van der Waals surface area contributed by atoms with Crippen molar-refractivity contribution in [2.24, 2.45) is 0 Å². The van der Waals surface area contributed by atoms with Gasteiger partial charge in [0, 0.05) is 12.6 Å². The molecule has 1 unspecified atom stereocenters. The van der Waals surface area contributed by atoms with Crippen LogP contribution in [-0.2, 0) is 12.7 Å². The molecule has 146 valence electrons. The molecule has 3 nitrogen and oxygen atoms in total. The Labute approximate surface area is 150 Å². The maximum atomic E-state index is 12.9. The summed E-state index contributed by atoms with van der Waals surface area (Å²) in [4.78, 5) is 11.0. The van der Waals surface area contributed by atoms with Gasteiger partial charge in [-0.05, 0) is 35.4 Å². The van der Waals surface area contributed by atoms with Crippen LogP contribution in [0.1, 0.15) is 39.5 Å². The van der Waals surface area contributed by atoms with Crippen LogP contribution in [0.2, 0.25) is 0 Å². The Morgan fingerprint density at radius 3 is 2.15 bits per heavy atom. The van der Waals surface area contributed by atoms with Crippen molar-refractivity contribution in [3.8, 4) is 0 Å². The number of carboxylic acid groups (broad SMARTS) is 1. The molecule has 0 radical (unpaired) electrons. The van der Waals surface area contributed by atoms with Crippen LogP contribution in [0.15, 0.2) is 48.5 Å². The van der Waals surface area contributed by atoms with Crippen LogP contribution in [0.5, 0.6) is 0 Å². The van der Waals surface area contributed by atoms with Crippen LogP contribution in [-0.4, -0.2) is 17.3 Å². The van der Waals surface area contributed by atoms with E-state index in [-0.39, 0.29) is 17.7 Å². The third-order valence-electron chi connectivity index (χ3n) is 3.80. The fourth-order valence-electron chi connectivity index (χ4n) is 2.50. The van der Waals surface area contributed by atoms with Gasteiger partial charge in [-0.1, -0.05) is 24.3 Å². The zero-order chi connectivity index (χ0) is 20.2. The number of aromatic carboxylic acids is 1. The number of benzene rings is 2. The average molecular weight is 391 g/mol. The third kappa shape index (κ3) is 6.28. The van der Waals surface area contributed by atoms with E-state index in [1.54, 1.807) is 0 Å². The van der Waals surface area contributed by atoms with E-state index < -0.39 is 36.3 Å². The molecule has 0 aliphatic carbocycles. The van der Waals surface area contributed by atoms with Gasteiger partial charge in [0.2, 0.25) is 0 Å². The van der Waals surface area contributed by atoms with Crippen molar-refractivity contribution in [1.82, 2.24) is 5.32 Å². The topological polar surface area (TPSA) is 49.3 Å². The molecular formula is C18H15F6NO2. The standard InChI is InChI=1S/C18H15F6NO2/c19-17(20,21)9-15(12-4-6-14(7-5-12)18(22,23)24)25-10-11-2-1-3-13(8-11)16(26)27/h1-8,15,25H,9-10H2,(H,26,27). The van der Waals surface area contributed by atoms with E-state index in [9.17, 15) is 31.1 Å². The summed E-state index contributed by atoms with van der Waals surface area (Å²) in [6, 6.07) is 7.83. The Kier molecular flexibility index (Phi) is 6.15. The second kappa shape index (κ2) is 7.99. The number of hydrogen-bond donors (Lipinski definition) is 2. The minimum atomic E-state index is -4.58. The van der Waals surface area contributed by atoms with E-state index in [4.69, 9.17) is 5.11 Å². The normalized spacial score (nSPS) is 13.4. The number of hydrogen-bond acceptors (Lipinski definition) is 2. The Bertz CT molecular complexity index is 784. The van der Waals surface area contributed by atoms with E-state index in [2.05, 4.69) is 5.32 Å². The molecule has 27 heavy (non-hydrogen) atoms. The maximum absolute atomic E-state index is 12.9. The zero-order valence-corrected chi connectivity index (χ0v) is 13.7. The van der Waals surface area contributed by atoms with E-state index in [0.29, 0.717) is 5.56 Å². The lowest BCUT2D eigenvalue weighted by atomic mass is 10.0. The number of rotatable bonds is 6. The van der Waals surface area contributed by atoms with Gasteiger partial charge in [-0.25, -0.2) is 4.79 Å². The molecule has 1 atom stereocenters. The molecule has 0 spiro atoms. The first-order valence-electron chi connectivity index (χ1n) is 7.75. The Morgan fingerprint density at radius 1 is 1.00 bits per heavy atom. The Hall–Kier alpha value is -2.55. The molecule has 0 saturated carbocycles. The minimum absolute atomic E-state index is 0.0174. The lowest BCUT2D eigenvalue weighted by Crippen LogP contribution is -2.26. The molecule has 2 aromatic carbocycles. The highest BCUT2D eigenvalue weighted by Crippen LogP contribution is 2.33. The molecule has 0 amide bonds. The van der Waals surface area contributed by atoms with Gasteiger partial charge in [-0.2, -0.15) is 26.3 Å². The second-order valence-corrected chi connectivity index (χ2v) is 5.88. The highest BCUT2D eigenvalue weighted by atomic mass is 19.4. The molecule has 0 fully saturated rings. The van der Waals surface area contributed by atoms with Gasteiger partial charge in [0.05, 0.1) is 17.5 Å². The smallest absolute Gasteiger partial charge is 0.416 e. The van der Waals surface area contributed by atoms with Crippen LogP contribution in [0.3, 0.4) is 0 Å². The van der Waals surface area contributed by atoms with Crippen molar-refractivity contribution in [2.45, 2.75) is 31.4 Å². The number of halogens is 6. The van der Waals surface area contributed by atoms with Gasteiger partial charge < -0.3 is 10.4 Å². The molecule has 0 aliphatic heterocycles. The van der Waals surface area contributed by atoms with Gasteiger partial charge in [-0.3, -0.25) is 0 Å². The molecule has 2 N–H and O–H groups in total. The van der Waals surface area contributed by atoms with Crippen molar-refractivity contribution < 1.29 is 36.2 Å². The highest BCUT2D eigenvalue weighted by Gasteiger charge is 2.34. The van der Waals surface area contributed by atoms with Gasteiger partial charge in [-0.15, -0.1) is 0 Å². The number of alkyl halides is 6. The quantitative estimate of drug-likeness (QED) is 0.667. The summed E-state index contributed by atoms with van der Waals surface area (Å²) >= 11 is 0. The van der Waals surface area contributed by atoms with Crippen molar-refractivity contribution in [3.63, 3.8) is 0 Å². The summed E-state index contributed by atoms with van der Waals surface area (Å²) < 4.78 is 76.4. The molecule has 2 aromatic rings. The maximum Gasteiger partial charge on any atom is 0.416 e. The van der Waals surface area contributed by atoms with Crippen LogP contribution in [0.25, 0.3) is 0 Å². The molecule has 9 heteroatoms. The van der Waals surface area contributed by atoms with Gasteiger partial charge >= 0.3 is 18.3 Å². The fraction of sp³-hybridized carbons (Fsp3) is 0.278. The lowest BCUT2D eigenvalue weighted by Gasteiger charge is -2.21. The molecule has 0 saturated heterocycles. The first-order valence-corrected chi connectivity index (χ1v) is 7.75. The van der Waals surface area contributed by atoms with Gasteiger partial charge in [0.1, 0.15) is 0 Å². The summed E-state index contributed by atoms with van der Waals surface area (Å²) in [6.07, 6.45) is -10.4. The fourth-order valence-corrected chi connectivity index (χ4v) is 2.50. The van der Waals surface area contributed by atoms with Crippen LogP contribution < -0.4 is 5.32 Å². The Morgan fingerprint density at radius 2 is 1.63 bits per heavy atom. The summed E-state index contributed by atoms with van der Waals surface area (Å²) in [5.74, 6) is -1.17. The van der Waals surface area contributed by atoms with Crippen molar-refractivity contribution >= 4 is 5.97 Å². The van der Waals surface area contributed by atoms with E-state index in [1.807, 2.05) is 0 Å². The van der Waals surface area contributed by atoms with Crippen LogP contribution in [0.4, 0.5) is 26.3 Å². The summed E-state index contributed by atoms with van der Waals surface area (Å²) in [7, 11) is 0. The first kappa shape index (κ1) is 20.8. The summed E-state index contributed by atoms with van der Waals surface area (Å²) in [6.45, 7) is -0.0805. The monoisotopic (exact) mass is 391 g/mol. The number of carbonyl (C=O) groups is 1. The minimum Gasteiger partial charge on any atom is -0.478 e. The van der Waals surface area contributed by atoms with Crippen molar-refractivity contribution in [1.29, 1.82) is 0 Å². The molecule has 0 aromatic heterocycles. The zero-order valence-electron chi connectivity index (χ0n) is 13.7. The van der Waals surface area contributed by atoms with Crippen LogP contribution >= 0.6 is 0 Å². The van der Waals surface area contributed by atoms with Crippen molar-refractivity contribution in [2.75, 3.05) is 0 Å². The molecule has 0 heterocycles. The molecule has 0 aliphatic rings. The third-order valence-corrected chi connectivity index (χ3v) is 3.80. The van der Waals surface area contributed by atoms with Crippen molar-refractivity contribution in [3.05, 3.63) is 70.8 Å². The molecule has 2 rings (SSSR count). The molecular weight excluding hydrogens is 376 g/mol. The average Bonchev–Trinajstić information content (AvgIpc) is 2.57. The van der Waals surface area contributed by atoms with Gasteiger partial charge in [0.15, 0.2) is 0 Å². The number of nitrogens with one attached hydrogen (secondary N) is 1. The first-order chi connectivity index (χ1) is 12.5. The number of carboxylic acids is 1. The SMILES string of the molecule is O=C(O)c1cccc(CNC(CC(F)(F)F)c2ccc(C(F)(F)F)cc2)c1.